The van der Waals surface area contributed by atoms with Crippen LogP contribution < -0.4 is 15.5 Å². The lowest BCUT2D eigenvalue weighted by Gasteiger charge is -2.37. The Labute approximate surface area is 223 Å². The number of anilines is 3. The maximum Gasteiger partial charge on any atom is 0.322 e. The van der Waals surface area contributed by atoms with E-state index in [1.807, 2.05) is 23.1 Å². The van der Waals surface area contributed by atoms with Crippen molar-refractivity contribution in [3.63, 3.8) is 0 Å². The minimum Gasteiger partial charge on any atom is -0.367 e. The first kappa shape index (κ1) is 26.0. The number of rotatable bonds is 5. The molecule has 0 radical (unpaired) electrons. The largest absolute Gasteiger partial charge is 0.367 e. The minimum atomic E-state index is -0.472. The van der Waals surface area contributed by atoms with Crippen molar-refractivity contribution in [1.29, 1.82) is 0 Å². The third kappa shape index (κ3) is 5.92. The van der Waals surface area contributed by atoms with Gasteiger partial charge in [0.05, 0.1) is 11.3 Å². The van der Waals surface area contributed by atoms with E-state index in [-0.39, 0.29) is 29.5 Å². The molecule has 5 rings (SSSR count). The zero-order valence-electron chi connectivity index (χ0n) is 21.8. The summed E-state index contributed by atoms with van der Waals surface area (Å²) in [7, 11) is 0. The predicted octanol–water partition coefficient (Wildman–Crippen LogP) is 4.93. The summed E-state index contributed by atoms with van der Waals surface area (Å²) in [5.41, 5.74) is 2.20. The van der Waals surface area contributed by atoms with Gasteiger partial charge in [0.2, 0.25) is 5.91 Å². The zero-order valence-corrected chi connectivity index (χ0v) is 21.8. The third-order valence-electron chi connectivity index (χ3n) is 7.89. The van der Waals surface area contributed by atoms with Gasteiger partial charge < -0.3 is 25.3 Å². The highest BCUT2D eigenvalue weighted by Crippen LogP contribution is 2.30. The van der Waals surface area contributed by atoms with Gasteiger partial charge in [0, 0.05) is 56.6 Å². The molecule has 0 atom stereocenters. The summed E-state index contributed by atoms with van der Waals surface area (Å²) in [6.07, 6.45) is 7.12. The predicted molar refractivity (Wildman–Crippen MR) is 146 cm³/mol. The molecule has 1 aliphatic carbocycles. The van der Waals surface area contributed by atoms with E-state index in [1.54, 1.807) is 17.0 Å². The van der Waals surface area contributed by atoms with Gasteiger partial charge in [0.1, 0.15) is 5.82 Å². The van der Waals surface area contributed by atoms with Crippen molar-refractivity contribution < 1.29 is 18.8 Å². The smallest absolute Gasteiger partial charge is 0.322 e. The molecular weight excluding hydrogens is 485 g/mol. The van der Waals surface area contributed by atoms with Crippen molar-refractivity contribution in [3.8, 4) is 0 Å². The Balaban J connectivity index is 1.30. The lowest BCUT2D eigenvalue weighted by atomic mass is 10.0. The van der Waals surface area contributed by atoms with Gasteiger partial charge >= 0.3 is 6.03 Å². The summed E-state index contributed by atoms with van der Waals surface area (Å²) in [5, 5.41) is 5.69. The number of urea groups is 1. The number of para-hydroxylation sites is 1. The lowest BCUT2D eigenvalue weighted by Crippen LogP contribution is -2.50. The second-order valence-electron chi connectivity index (χ2n) is 10.4. The number of nitrogens with zero attached hydrogens (tertiary/aromatic N) is 3. The molecule has 2 heterocycles. The molecule has 202 valence electrons. The van der Waals surface area contributed by atoms with Crippen LogP contribution in [0, 0.1) is 11.7 Å². The molecule has 4 amide bonds. The number of halogens is 1. The Morgan fingerprint density at radius 1 is 0.763 bits per heavy atom. The number of amides is 4. The Kier molecular flexibility index (Phi) is 8.10. The SMILES string of the molecule is O=C(Nc1ccc(N2CCN(C(=O)Nc3ccccc3F)CC2)c(C(=O)N2CCCCC2)c1)C1CCCC1. The maximum atomic E-state index is 14.0. The van der Waals surface area contributed by atoms with E-state index in [2.05, 4.69) is 15.5 Å². The van der Waals surface area contributed by atoms with E-state index in [1.165, 1.54) is 12.1 Å². The second kappa shape index (κ2) is 11.8. The molecule has 2 N–H and O–H groups in total. The second-order valence-corrected chi connectivity index (χ2v) is 10.4. The van der Waals surface area contributed by atoms with Crippen LogP contribution in [0.2, 0.25) is 0 Å². The topological polar surface area (TPSA) is 85.0 Å². The molecule has 8 nitrogen and oxygen atoms in total. The molecule has 2 aliphatic heterocycles. The Hall–Kier alpha value is -3.62. The standard InChI is InChI=1S/C29H36FN5O3/c30-24-10-4-5-11-25(24)32-29(38)35-18-16-33(17-19-35)26-13-12-22(31-27(36)21-8-2-3-9-21)20-23(26)28(37)34-14-6-1-7-15-34/h4-5,10-13,20-21H,1-3,6-9,14-19H2,(H,31,36)(H,32,38). The Morgan fingerprint density at radius 3 is 2.18 bits per heavy atom. The van der Waals surface area contributed by atoms with Gasteiger partial charge in [0.15, 0.2) is 0 Å². The van der Waals surface area contributed by atoms with Crippen molar-refractivity contribution in [1.82, 2.24) is 9.80 Å². The highest BCUT2D eigenvalue weighted by molar-refractivity contribution is 6.02. The van der Waals surface area contributed by atoms with Gasteiger partial charge in [-0.1, -0.05) is 25.0 Å². The minimum absolute atomic E-state index is 0.0172. The first-order chi connectivity index (χ1) is 18.5. The third-order valence-corrected chi connectivity index (χ3v) is 7.89. The summed E-state index contributed by atoms with van der Waals surface area (Å²) >= 11 is 0. The van der Waals surface area contributed by atoms with Gasteiger partial charge in [0.25, 0.3) is 5.91 Å². The lowest BCUT2D eigenvalue weighted by molar-refractivity contribution is -0.119. The molecule has 0 spiro atoms. The fourth-order valence-electron chi connectivity index (χ4n) is 5.67. The van der Waals surface area contributed by atoms with Gasteiger partial charge in [-0.05, 0) is 62.4 Å². The average molecular weight is 522 g/mol. The van der Waals surface area contributed by atoms with Crippen LogP contribution in [0.3, 0.4) is 0 Å². The molecule has 0 aromatic heterocycles. The van der Waals surface area contributed by atoms with Crippen LogP contribution in [0.4, 0.5) is 26.2 Å². The number of nitrogens with one attached hydrogen (secondary N) is 2. The zero-order chi connectivity index (χ0) is 26.5. The van der Waals surface area contributed by atoms with Crippen LogP contribution in [0.1, 0.15) is 55.3 Å². The summed E-state index contributed by atoms with van der Waals surface area (Å²) in [5.74, 6) is -0.419. The van der Waals surface area contributed by atoms with E-state index < -0.39 is 5.82 Å². The molecule has 38 heavy (non-hydrogen) atoms. The number of carbonyl (C=O) groups excluding carboxylic acids is 3. The number of likely N-dealkylation sites (tertiary alicyclic amines) is 1. The molecule has 2 aromatic rings. The average Bonchev–Trinajstić information content (AvgIpc) is 3.50. The number of piperidine rings is 1. The van der Waals surface area contributed by atoms with E-state index in [4.69, 9.17) is 0 Å². The molecular formula is C29H36FN5O3. The van der Waals surface area contributed by atoms with Crippen LogP contribution in [0.5, 0.6) is 0 Å². The van der Waals surface area contributed by atoms with Gasteiger partial charge in [-0.25, -0.2) is 9.18 Å². The highest BCUT2D eigenvalue weighted by atomic mass is 19.1. The summed E-state index contributed by atoms with van der Waals surface area (Å²) < 4.78 is 14.0. The van der Waals surface area contributed by atoms with Crippen LogP contribution in [-0.2, 0) is 4.79 Å². The van der Waals surface area contributed by atoms with Crippen LogP contribution >= 0.6 is 0 Å². The van der Waals surface area contributed by atoms with Crippen molar-refractivity contribution in [3.05, 3.63) is 53.8 Å². The normalized spacial score (nSPS) is 18.4. The first-order valence-corrected chi connectivity index (χ1v) is 13.8. The summed E-state index contributed by atoms with van der Waals surface area (Å²) in [6, 6.07) is 11.4. The van der Waals surface area contributed by atoms with Crippen molar-refractivity contribution in [2.75, 3.05) is 54.8 Å². The van der Waals surface area contributed by atoms with Gasteiger partial charge in [-0.3, -0.25) is 9.59 Å². The number of hydrogen-bond acceptors (Lipinski definition) is 4. The highest BCUT2D eigenvalue weighted by Gasteiger charge is 2.28. The van der Waals surface area contributed by atoms with Crippen molar-refractivity contribution >= 4 is 34.9 Å². The quantitative estimate of drug-likeness (QED) is 0.584. The molecule has 0 unspecified atom stereocenters. The fourth-order valence-corrected chi connectivity index (χ4v) is 5.67. The molecule has 3 fully saturated rings. The first-order valence-electron chi connectivity index (χ1n) is 13.8. The molecule has 9 heteroatoms. The van der Waals surface area contributed by atoms with Crippen molar-refractivity contribution in [2.24, 2.45) is 5.92 Å². The molecule has 1 saturated carbocycles. The van der Waals surface area contributed by atoms with Crippen molar-refractivity contribution in [2.45, 2.75) is 44.9 Å². The number of piperazine rings is 1. The summed E-state index contributed by atoms with van der Waals surface area (Å²) in [6.45, 7) is 3.44. The van der Waals surface area contributed by atoms with Gasteiger partial charge in [-0.2, -0.15) is 0 Å². The summed E-state index contributed by atoms with van der Waals surface area (Å²) in [4.78, 5) is 44.8. The Bertz CT molecular complexity index is 1170. The number of carbonyl (C=O) groups is 3. The van der Waals surface area contributed by atoms with Crippen LogP contribution in [-0.4, -0.2) is 66.9 Å². The number of hydrogen-bond donors (Lipinski definition) is 2. The number of benzene rings is 2. The van der Waals surface area contributed by atoms with E-state index in [9.17, 15) is 18.8 Å². The van der Waals surface area contributed by atoms with E-state index in [0.29, 0.717) is 37.4 Å². The molecule has 2 saturated heterocycles. The monoisotopic (exact) mass is 521 g/mol. The van der Waals surface area contributed by atoms with Crippen LogP contribution in [0.25, 0.3) is 0 Å². The Morgan fingerprint density at radius 2 is 1.47 bits per heavy atom. The van der Waals surface area contributed by atoms with E-state index >= 15 is 0 Å². The fraction of sp³-hybridized carbons (Fsp3) is 0.483. The molecule has 2 aromatic carbocycles. The molecule has 3 aliphatic rings. The van der Waals surface area contributed by atoms with Gasteiger partial charge in [-0.15, -0.1) is 0 Å². The molecule has 0 bridgehead atoms. The van der Waals surface area contributed by atoms with Crippen LogP contribution in [0.15, 0.2) is 42.5 Å². The van der Waals surface area contributed by atoms with E-state index in [0.717, 1.165) is 63.7 Å². The maximum absolute atomic E-state index is 14.0.